The van der Waals surface area contributed by atoms with Crippen molar-refractivity contribution in [2.24, 2.45) is 0 Å². The van der Waals surface area contributed by atoms with E-state index in [0.717, 1.165) is 10.6 Å². The van der Waals surface area contributed by atoms with Crippen molar-refractivity contribution in [3.8, 4) is 0 Å². The van der Waals surface area contributed by atoms with E-state index >= 15 is 0 Å². The van der Waals surface area contributed by atoms with Crippen LogP contribution in [0.5, 0.6) is 0 Å². The summed E-state index contributed by atoms with van der Waals surface area (Å²) in [6.45, 7) is 0.432. The maximum atomic E-state index is 11.9. The van der Waals surface area contributed by atoms with Crippen molar-refractivity contribution in [1.82, 2.24) is 15.6 Å². The number of carbonyl (C=O) groups excluding carboxylic acids is 1. The largest absolute Gasteiger partial charge is 0.380 e. The van der Waals surface area contributed by atoms with E-state index in [2.05, 4.69) is 44.6 Å². The number of allylic oxidation sites excluding steroid dienone is 2. The molecule has 3 rings (SSSR count). The van der Waals surface area contributed by atoms with Crippen LogP contribution in [-0.2, 0) is 4.84 Å². The molecule has 1 atom stereocenters. The van der Waals surface area contributed by atoms with Gasteiger partial charge in [0.25, 0.3) is 0 Å². The number of dihydropyridines is 1. The minimum absolute atomic E-state index is 0.222. The normalized spacial score (nSPS) is 18.4. The Morgan fingerprint density at radius 2 is 2.39 bits per heavy atom. The maximum Gasteiger partial charge on any atom is 0.321 e. The highest BCUT2D eigenvalue weighted by Crippen LogP contribution is 2.22. The number of carbonyl (C=O) groups is 1. The van der Waals surface area contributed by atoms with E-state index in [4.69, 9.17) is 4.84 Å². The summed E-state index contributed by atoms with van der Waals surface area (Å²) in [4.78, 5) is 20.8. The number of anilines is 2. The van der Waals surface area contributed by atoms with Crippen LogP contribution in [0.3, 0.4) is 0 Å². The number of thiazole rings is 1. The monoisotopic (exact) mass is 331 g/mol. The second kappa shape index (κ2) is 7.12. The summed E-state index contributed by atoms with van der Waals surface area (Å²) in [5, 5.41) is 10.00. The standard InChI is InChI=1S/C15H17N5O2S/c1-22-20-13-9-18-15(23-13)19-14(21)17-8-10-6-11-4-2-3-5-12(11)16-7-10/h2-7,9,12,16,20H,8H2,1H3,(H2,17,18,19,21). The molecule has 2 amide bonds. The van der Waals surface area contributed by atoms with Crippen LogP contribution in [0.25, 0.3) is 0 Å². The van der Waals surface area contributed by atoms with Gasteiger partial charge in [-0.2, -0.15) is 0 Å². The molecular weight excluding hydrogens is 314 g/mol. The highest BCUT2D eigenvalue weighted by molar-refractivity contribution is 7.19. The van der Waals surface area contributed by atoms with Crippen molar-refractivity contribution >= 4 is 27.5 Å². The predicted molar refractivity (Wildman–Crippen MR) is 91.1 cm³/mol. The Labute approximate surface area is 137 Å². The molecule has 2 aliphatic rings. The fraction of sp³-hybridized carbons (Fsp3) is 0.200. The zero-order valence-electron chi connectivity index (χ0n) is 12.5. The van der Waals surface area contributed by atoms with E-state index in [1.807, 2.05) is 18.4 Å². The van der Waals surface area contributed by atoms with Crippen molar-refractivity contribution < 1.29 is 9.63 Å². The minimum atomic E-state index is -0.302. The van der Waals surface area contributed by atoms with Crippen LogP contribution < -0.4 is 21.4 Å². The van der Waals surface area contributed by atoms with Crippen LogP contribution in [-0.4, -0.2) is 30.7 Å². The zero-order valence-corrected chi connectivity index (χ0v) is 13.3. The molecule has 1 aromatic rings. The lowest BCUT2D eigenvalue weighted by molar-refractivity contribution is 0.253. The number of fused-ring (bicyclic) bond motifs is 1. The molecule has 0 aromatic carbocycles. The molecule has 1 aliphatic carbocycles. The molecule has 4 N–H and O–H groups in total. The summed E-state index contributed by atoms with van der Waals surface area (Å²) in [6.07, 6.45) is 13.7. The predicted octanol–water partition coefficient (Wildman–Crippen LogP) is 2.15. The van der Waals surface area contributed by atoms with Crippen LogP contribution in [0.15, 0.2) is 53.9 Å². The molecule has 2 heterocycles. The van der Waals surface area contributed by atoms with Gasteiger partial charge in [-0.05, 0) is 11.1 Å². The van der Waals surface area contributed by atoms with E-state index in [1.54, 1.807) is 6.20 Å². The molecule has 1 unspecified atom stereocenters. The van der Waals surface area contributed by atoms with Gasteiger partial charge >= 0.3 is 6.03 Å². The number of hydrogen-bond acceptors (Lipinski definition) is 6. The number of urea groups is 1. The van der Waals surface area contributed by atoms with Crippen LogP contribution in [0.4, 0.5) is 14.9 Å². The van der Waals surface area contributed by atoms with E-state index in [-0.39, 0.29) is 12.1 Å². The van der Waals surface area contributed by atoms with Crippen molar-refractivity contribution in [2.45, 2.75) is 6.04 Å². The number of nitrogens with one attached hydrogen (secondary N) is 4. The van der Waals surface area contributed by atoms with Crippen LogP contribution in [0, 0.1) is 0 Å². The van der Waals surface area contributed by atoms with Gasteiger partial charge < -0.3 is 10.6 Å². The number of rotatable bonds is 5. The van der Waals surface area contributed by atoms with Crippen LogP contribution in [0.1, 0.15) is 0 Å². The number of aromatic nitrogens is 1. The molecule has 120 valence electrons. The lowest BCUT2D eigenvalue weighted by Crippen LogP contribution is -2.33. The van der Waals surface area contributed by atoms with E-state index in [1.165, 1.54) is 24.0 Å². The smallest absolute Gasteiger partial charge is 0.321 e. The first kappa shape index (κ1) is 15.3. The average Bonchev–Trinajstić information content (AvgIpc) is 3.00. The molecular formula is C15H17N5O2S. The minimum Gasteiger partial charge on any atom is -0.380 e. The average molecular weight is 331 g/mol. The maximum absolute atomic E-state index is 11.9. The molecule has 23 heavy (non-hydrogen) atoms. The number of amides is 2. The summed E-state index contributed by atoms with van der Waals surface area (Å²) >= 11 is 1.29. The summed E-state index contributed by atoms with van der Waals surface area (Å²) in [5.41, 5.74) is 4.85. The van der Waals surface area contributed by atoms with Gasteiger partial charge in [-0.3, -0.25) is 15.6 Å². The van der Waals surface area contributed by atoms with Crippen LogP contribution >= 0.6 is 11.3 Å². The fourth-order valence-electron chi connectivity index (χ4n) is 2.20. The first-order valence-corrected chi connectivity index (χ1v) is 7.87. The lowest BCUT2D eigenvalue weighted by Gasteiger charge is -2.23. The third-order valence-electron chi connectivity index (χ3n) is 3.24. The molecule has 8 heteroatoms. The summed E-state index contributed by atoms with van der Waals surface area (Å²) in [6, 6.07) is -0.0802. The topological polar surface area (TPSA) is 87.3 Å². The third-order valence-corrected chi connectivity index (χ3v) is 4.05. The summed E-state index contributed by atoms with van der Waals surface area (Å²) in [5.74, 6) is 0. The Balaban J connectivity index is 1.49. The van der Waals surface area contributed by atoms with Gasteiger partial charge in [0.15, 0.2) is 5.13 Å². The van der Waals surface area contributed by atoms with E-state index in [9.17, 15) is 4.79 Å². The van der Waals surface area contributed by atoms with Crippen molar-refractivity contribution in [2.75, 3.05) is 24.5 Å². The number of nitrogens with zero attached hydrogens (tertiary/aromatic N) is 1. The molecule has 0 saturated carbocycles. The second-order valence-corrected chi connectivity index (χ2v) is 5.93. The van der Waals surface area contributed by atoms with Gasteiger partial charge in [-0.1, -0.05) is 41.7 Å². The highest BCUT2D eigenvalue weighted by Gasteiger charge is 2.14. The van der Waals surface area contributed by atoms with Gasteiger partial charge in [0, 0.05) is 12.7 Å². The van der Waals surface area contributed by atoms with Gasteiger partial charge in [-0.25, -0.2) is 9.78 Å². The van der Waals surface area contributed by atoms with Crippen molar-refractivity contribution in [3.63, 3.8) is 0 Å². The molecule has 0 fully saturated rings. The molecule has 0 saturated heterocycles. The Morgan fingerprint density at radius 3 is 3.26 bits per heavy atom. The SMILES string of the molecule is CONc1cnc(NC(=O)NCC2=CNC3C=CC=CC3=C2)s1. The Bertz CT molecular complexity index is 704. The number of hydrogen-bond donors (Lipinski definition) is 4. The van der Waals surface area contributed by atoms with Crippen molar-refractivity contribution in [1.29, 1.82) is 0 Å². The van der Waals surface area contributed by atoms with E-state index < -0.39 is 0 Å². The zero-order chi connectivity index (χ0) is 16.1. The molecule has 0 radical (unpaired) electrons. The van der Waals surface area contributed by atoms with Gasteiger partial charge in [0.1, 0.15) is 5.00 Å². The second-order valence-electron chi connectivity index (χ2n) is 4.90. The summed E-state index contributed by atoms with van der Waals surface area (Å²) in [7, 11) is 1.52. The molecule has 7 nitrogen and oxygen atoms in total. The Hall–Kier alpha value is -2.58. The molecule has 1 aromatic heterocycles. The Kier molecular flexibility index (Phi) is 4.74. The van der Waals surface area contributed by atoms with Crippen molar-refractivity contribution in [3.05, 3.63) is 53.9 Å². The molecule has 1 aliphatic heterocycles. The quantitative estimate of drug-likeness (QED) is 0.621. The first-order valence-electron chi connectivity index (χ1n) is 7.06. The van der Waals surface area contributed by atoms with Crippen LogP contribution in [0.2, 0.25) is 0 Å². The van der Waals surface area contributed by atoms with E-state index in [0.29, 0.717) is 11.7 Å². The molecule has 0 bridgehead atoms. The fourth-order valence-corrected chi connectivity index (χ4v) is 2.89. The summed E-state index contributed by atoms with van der Waals surface area (Å²) < 4.78 is 0. The molecule has 0 spiro atoms. The van der Waals surface area contributed by atoms with Gasteiger partial charge in [0.05, 0.1) is 19.3 Å². The lowest BCUT2D eigenvalue weighted by atomic mass is 9.97. The Morgan fingerprint density at radius 1 is 1.48 bits per heavy atom. The highest BCUT2D eigenvalue weighted by atomic mass is 32.1. The van der Waals surface area contributed by atoms with Gasteiger partial charge in [0.2, 0.25) is 0 Å². The first-order chi connectivity index (χ1) is 11.2. The third kappa shape index (κ3) is 3.99. The van der Waals surface area contributed by atoms with Gasteiger partial charge in [-0.15, -0.1) is 0 Å².